The van der Waals surface area contributed by atoms with Crippen LogP contribution in [0.2, 0.25) is 0 Å². The van der Waals surface area contributed by atoms with Gasteiger partial charge in [0.2, 0.25) is 5.78 Å². The molecule has 0 heterocycles. The van der Waals surface area contributed by atoms with Gasteiger partial charge in [-0.3, -0.25) is 9.59 Å². The van der Waals surface area contributed by atoms with Gasteiger partial charge in [0.05, 0.1) is 18.6 Å². The predicted molar refractivity (Wildman–Crippen MR) is 64.7 cm³/mol. The number of halogens is 2. The molecule has 0 N–H and O–H groups in total. The van der Waals surface area contributed by atoms with E-state index in [0.717, 1.165) is 6.07 Å². The van der Waals surface area contributed by atoms with Crippen molar-refractivity contribution in [3.05, 3.63) is 34.1 Å². The van der Waals surface area contributed by atoms with Crippen molar-refractivity contribution in [1.29, 1.82) is 0 Å². The number of carbonyl (C=O) groups is 3. The molecule has 1 aromatic carbocycles. The fraction of sp³-hybridized carbons (Fsp3) is 0.250. The summed E-state index contributed by atoms with van der Waals surface area (Å²) in [6.07, 6.45) is -0.697. The number of benzene rings is 1. The second-order valence-corrected chi connectivity index (χ2v) is 4.28. The molecule has 1 aromatic rings. The maximum absolute atomic E-state index is 13.4. The van der Waals surface area contributed by atoms with Crippen LogP contribution in [-0.2, 0) is 14.3 Å². The molecule has 6 heteroatoms. The third-order valence-corrected chi connectivity index (χ3v) is 2.55. The van der Waals surface area contributed by atoms with E-state index in [2.05, 4.69) is 20.7 Å². The van der Waals surface area contributed by atoms with Gasteiger partial charge >= 0.3 is 5.97 Å². The molecule has 0 radical (unpaired) electrons. The summed E-state index contributed by atoms with van der Waals surface area (Å²) < 4.78 is 18.3. The lowest BCUT2D eigenvalue weighted by Gasteiger charge is -2.03. The van der Waals surface area contributed by atoms with Gasteiger partial charge in [-0.15, -0.1) is 0 Å². The predicted octanol–water partition coefficient (Wildman–Crippen LogP) is 2.29. The molecule has 96 valence electrons. The third-order valence-electron chi connectivity index (χ3n) is 2.06. The van der Waals surface area contributed by atoms with Crippen molar-refractivity contribution in [3.63, 3.8) is 0 Å². The summed E-state index contributed by atoms with van der Waals surface area (Å²) in [6, 6.07) is 3.84. The normalized spacial score (nSPS) is 9.94. The van der Waals surface area contributed by atoms with E-state index in [-0.39, 0.29) is 12.2 Å². The summed E-state index contributed by atoms with van der Waals surface area (Å²) in [5.41, 5.74) is -0.226. The summed E-state index contributed by atoms with van der Waals surface area (Å²) in [7, 11) is 0. The Labute approximate surface area is 111 Å². The molecule has 0 aromatic heterocycles. The zero-order valence-corrected chi connectivity index (χ0v) is 11.1. The Morgan fingerprint density at radius 1 is 1.33 bits per heavy atom. The van der Waals surface area contributed by atoms with Gasteiger partial charge < -0.3 is 4.74 Å². The highest BCUT2D eigenvalue weighted by Gasteiger charge is 2.21. The summed E-state index contributed by atoms with van der Waals surface area (Å²) in [5.74, 6) is -3.56. The smallest absolute Gasteiger partial charge is 0.375 e. The van der Waals surface area contributed by atoms with Crippen LogP contribution in [0.3, 0.4) is 0 Å². The summed E-state index contributed by atoms with van der Waals surface area (Å²) in [4.78, 5) is 33.9. The molecule has 0 fully saturated rings. The molecule has 0 amide bonds. The monoisotopic (exact) mass is 316 g/mol. The maximum Gasteiger partial charge on any atom is 0.375 e. The molecule has 1 rings (SSSR count). The zero-order valence-electron chi connectivity index (χ0n) is 9.54. The van der Waals surface area contributed by atoms with E-state index < -0.39 is 29.8 Å². The maximum atomic E-state index is 13.4. The van der Waals surface area contributed by atoms with Crippen molar-refractivity contribution in [2.45, 2.75) is 13.3 Å². The minimum absolute atomic E-state index is 0.0470. The molecule has 0 unspecified atom stereocenters. The molecule has 0 atom stereocenters. The Bertz CT molecular complexity index is 499. The standard InChI is InChI=1S/C12H10BrFO4/c1-2-18-12(17)11(16)6-10(15)8-4-3-7(13)5-9(8)14/h3-5H,2,6H2,1H3. The topological polar surface area (TPSA) is 60.4 Å². The van der Waals surface area contributed by atoms with E-state index in [1.54, 1.807) is 6.92 Å². The van der Waals surface area contributed by atoms with E-state index in [4.69, 9.17) is 0 Å². The molecule has 0 bridgehead atoms. The molecule has 0 aliphatic carbocycles. The number of carbonyl (C=O) groups excluding carboxylic acids is 3. The third kappa shape index (κ3) is 3.73. The molecule has 0 saturated heterocycles. The van der Waals surface area contributed by atoms with Gasteiger partial charge in [0, 0.05) is 4.47 Å². The lowest BCUT2D eigenvalue weighted by atomic mass is 10.1. The van der Waals surface area contributed by atoms with Crippen molar-refractivity contribution in [2.75, 3.05) is 6.61 Å². The quantitative estimate of drug-likeness (QED) is 0.362. The molecule has 0 aliphatic heterocycles. The van der Waals surface area contributed by atoms with Crippen LogP contribution >= 0.6 is 15.9 Å². The average molecular weight is 317 g/mol. The first-order valence-electron chi connectivity index (χ1n) is 5.14. The first-order chi connectivity index (χ1) is 8.45. The Hall–Kier alpha value is -1.56. The fourth-order valence-electron chi connectivity index (χ4n) is 1.24. The second kappa shape index (κ2) is 6.39. The van der Waals surface area contributed by atoms with Crippen LogP contribution in [0, 0.1) is 5.82 Å². The van der Waals surface area contributed by atoms with Crippen LogP contribution < -0.4 is 0 Å². The summed E-state index contributed by atoms with van der Waals surface area (Å²) in [6.45, 7) is 1.59. The Kier molecular flexibility index (Phi) is 5.15. The van der Waals surface area contributed by atoms with Crippen LogP contribution in [0.4, 0.5) is 4.39 Å². The second-order valence-electron chi connectivity index (χ2n) is 3.37. The first-order valence-corrected chi connectivity index (χ1v) is 5.93. The van der Waals surface area contributed by atoms with Crippen LogP contribution in [-0.4, -0.2) is 24.1 Å². The Morgan fingerprint density at radius 2 is 2.00 bits per heavy atom. The lowest BCUT2D eigenvalue weighted by Crippen LogP contribution is -2.21. The van der Waals surface area contributed by atoms with Crippen molar-refractivity contribution in [1.82, 2.24) is 0 Å². The lowest BCUT2D eigenvalue weighted by molar-refractivity contribution is -0.153. The highest BCUT2D eigenvalue weighted by atomic mass is 79.9. The van der Waals surface area contributed by atoms with E-state index in [1.165, 1.54) is 12.1 Å². The van der Waals surface area contributed by atoms with E-state index in [0.29, 0.717) is 4.47 Å². The molecule has 4 nitrogen and oxygen atoms in total. The van der Waals surface area contributed by atoms with Crippen molar-refractivity contribution in [3.8, 4) is 0 Å². The summed E-state index contributed by atoms with van der Waals surface area (Å²) >= 11 is 3.05. The van der Waals surface area contributed by atoms with Crippen LogP contribution in [0.5, 0.6) is 0 Å². The SMILES string of the molecule is CCOC(=O)C(=O)CC(=O)c1ccc(Br)cc1F. The number of hydrogen-bond acceptors (Lipinski definition) is 4. The molecular weight excluding hydrogens is 307 g/mol. The fourth-order valence-corrected chi connectivity index (χ4v) is 1.57. The van der Waals surface area contributed by atoms with Crippen LogP contribution in [0.15, 0.2) is 22.7 Å². The molecule has 0 spiro atoms. The van der Waals surface area contributed by atoms with Crippen molar-refractivity contribution < 1.29 is 23.5 Å². The Balaban J connectivity index is 2.77. The number of ketones is 2. The average Bonchev–Trinajstić information content (AvgIpc) is 2.28. The Morgan fingerprint density at radius 3 is 2.56 bits per heavy atom. The molecule has 0 saturated carbocycles. The van der Waals surface area contributed by atoms with Crippen LogP contribution in [0.25, 0.3) is 0 Å². The number of hydrogen-bond donors (Lipinski definition) is 0. The minimum Gasteiger partial charge on any atom is -0.460 e. The van der Waals surface area contributed by atoms with Gasteiger partial charge in [0.15, 0.2) is 5.78 Å². The van der Waals surface area contributed by atoms with E-state index in [1.807, 2.05) is 0 Å². The molecular formula is C12H10BrFO4. The van der Waals surface area contributed by atoms with E-state index >= 15 is 0 Å². The number of rotatable bonds is 5. The van der Waals surface area contributed by atoms with Gasteiger partial charge in [-0.2, -0.15) is 0 Å². The van der Waals surface area contributed by atoms with Crippen LogP contribution in [0.1, 0.15) is 23.7 Å². The van der Waals surface area contributed by atoms with Gasteiger partial charge in [-0.25, -0.2) is 9.18 Å². The molecule has 18 heavy (non-hydrogen) atoms. The van der Waals surface area contributed by atoms with Gasteiger partial charge in [0.1, 0.15) is 5.82 Å². The van der Waals surface area contributed by atoms with Crippen molar-refractivity contribution >= 4 is 33.5 Å². The minimum atomic E-state index is -1.08. The van der Waals surface area contributed by atoms with Crippen molar-refractivity contribution in [2.24, 2.45) is 0 Å². The number of ether oxygens (including phenoxy) is 1. The zero-order chi connectivity index (χ0) is 13.7. The highest BCUT2D eigenvalue weighted by molar-refractivity contribution is 9.10. The largest absolute Gasteiger partial charge is 0.460 e. The molecule has 0 aliphatic rings. The van der Waals surface area contributed by atoms with Gasteiger partial charge in [-0.1, -0.05) is 15.9 Å². The van der Waals surface area contributed by atoms with Gasteiger partial charge in [0.25, 0.3) is 0 Å². The van der Waals surface area contributed by atoms with Gasteiger partial charge in [-0.05, 0) is 25.1 Å². The first kappa shape index (κ1) is 14.5. The number of Topliss-reactive ketones (excluding diaryl/α,β-unsaturated/α-hetero) is 2. The van der Waals surface area contributed by atoms with E-state index in [9.17, 15) is 18.8 Å². The number of esters is 1. The highest BCUT2D eigenvalue weighted by Crippen LogP contribution is 2.16. The summed E-state index contributed by atoms with van der Waals surface area (Å²) in [5, 5.41) is 0.